The lowest BCUT2D eigenvalue weighted by molar-refractivity contribution is 0.613. The number of hydrogen-bond acceptors (Lipinski definition) is 8. The summed E-state index contributed by atoms with van der Waals surface area (Å²) in [6.07, 6.45) is 7.58. The maximum Gasteiger partial charge on any atom is 0.228 e. The second-order valence-corrected chi connectivity index (χ2v) is 7.28. The molecule has 2 fully saturated rings. The number of nitrogens with zero attached hydrogens (tertiary/aromatic N) is 9. The van der Waals surface area contributed by atoms with Gasteiger partial charge >= 0.3 is 0 Å². The van der Waals surface area contributed by atoms with Crippen LogP contribution in [0.3, 0.4) is 0 Å². The molecule has 1 aliphatic heterocycles. The van der Waals surface area contributed by atoms with Gasteiger partial charge in [-0.2, -0.15) is 14.9 Å². The van der Waals surface area contributed by atoms with Crippen LogP contribution in [0.1, 0.15) is 37.5 Å². The highest BCUT2D eigenvalue weighted by molar-refractivity contribution is 6.33. The van der Waals surface area contributed by atoms with E-state index in [1.807, 2.05) is 6.07 Å². The van der Waals surface area contributed by atoms with Crippen LogP contribution >= 0.6 is 11.6 Å². The zero-order chi connectivity index (χ0) is 18.4. The number of H-pyrrole nitrogens is 1. The average molecular weight is 387 g/mol. The maximum absolute atomic E-state index is 6.49. The van der Waals surface area contributed by atoms with Crippen molar-refractivity contribution < 1.29 is 0 Å². The lowest BCUT2D eigenvalue weighted by Crippen LogP contribution is -2.27. The van der Waals surface area contributed by atoms with Gasteiger partial charge in [0, 0.05) is 18.7 Å². The van der Waals surface area contributed by atoms with Crippen LogP contribution in [-0.4, -0.2) is 53.0 Å². The zero-order valence-electron chi connectivity index (χ0n) is 14.8. The van der Waals surface area contributed by atoms with Gasteiger partial charge < -0.3 is 9.80 Å². The summed E-state index contributed by atoms with van der Waals surface area (Å²) in [6.45, 7) is 0.845. The summed E-state index contributed by atoms with van der Waals surface area (Å²) in [6, 6.07) is 2.33. The Morgan fingerprint density at radius 3 is 2.89 bits per heavy atom. The highest BCUT2D eigenvalue weighted by Crippen LogP contribution is 2.41. The van der Waals surface area contributed by atoms with E-state index in [1.54, 1.807) is 19.4 Å². The van der Waals surface area contributed by atoms with E-state index in [0.29, 0.717) is 28.7 Å². The molecule has 140 valence electrons. The third-order valence-corrected chi connectivity index (χ3v) is 5.20. The van der Waals surface area contributed by atoms with E-state index in [-0.39, 0.29) is 6.04 Å². The average Bonchev–Trinajstić information content (AvgIpc) is 3.07. The van der Waals surface area contributed by atoms with Crippen LogP contribution in [0.5, 0.6) is 0 Å². The first-order chi connectivity index (χ1) is 13.2. The van der Waals surface area contributed by atoms with Crippen LogP contribution in [0.15, 0.2) is 18.5 Å². The second-order valence-electron chi connectivity index (χ2n) is 6.87. The third kappa shape index (κ3) is 2.99. The van der Waals surface area contributed by atoms with Gasteiger partial charge in [0.2, 0.25) is 5.95 Å². The first kappa shape index (κ1) is 16.4. The molecular formula is C16H19ClN10. The lowest BCUT2D eigenvalue weighted by Gasteiger charge is -2.26. The molecule has 0 radical (unpaired) electrons. The van der Waals surface area contributed by atoms with E-state index < -0.39 is 0 Å². The number of halogens is 1. The minimum Gasteiger partial charge on any atom is -0.330 e. The molecule has 3 aromatic heterocycles. The summed E-state index contributed by atoms with van der Waals surface area (Å²) >= 11 is 6.49. The van der Waals surface area contributed by atoms with Gasteiger partial charge in [-0.25, -0.2) is 4.98 Å². The molecule has 4 heterocycles. The summed E-state index contributed by atoms with van der Waals surface area (Å²) < 4.78 is 0. The van der Waals surface area contributed by atoms with Gasteiger partial charge in [-0.05, 0) is 30.9 Å². The van der Waals surface area contributed by atoms with Gasteiger partial charge in [-0.1, -0.05) is 11.6 Å². The molecular weight excluding hydrogens is 368 g/mol. The molecule has 11 heteroatoms. The maximum atomic E-state index is 6.49. The molecule has 1 aliphatic carbocycles. The Morgan fingerprint density at radius 2 is 2.19 bits per heavy atom. The van der Waals surface area contributed by atoms with Crippen molar-refractivity contribution in [2.45, 2.75) is 37.8 Å². The number of nitrogens with one attached hydrogen (secondary N) is 1. The van der Waals surface area contributed by atoms with Gasteiger partial charge in [-0.15, -0.1) is 10.2 Å². The highest BCUT2D eigenvalue weighted by Gasteiger charge is 2.36. The summed E-state index contributed by atoms with van der Waals surface area (Å²) in [5.41, 5.74) is 0. The zero-order valence-corrected chi connectivity index (χ0v) is 15.6. The Kier molecular flexibility index (Phi) is 3.92. The largest absolute Gasteiger partial charge is 0.330 e. The van der Waals surface area contributed by atoms with E-state index in [4.69, 9.17) is 16.6 Å². The fourth-order valence-electron chi connectivity index (χ4n) is 3.56. The first-order valence-corrected chi connectivity index (χ1v) is 9.40. The molecule has 1 saturated carbocycles. The molecule has 0 bridgehead atoms. The van der Waals surface area contributed by atoms with Gasteiger partial charge in [0.15, 0.2) is 11.6 Å². The van der Waals surface area contributed by atoms with E-state index in [0.717, 1.165) is 38.0 Å². The molecule has 0 spiro atoms. The van der Waals surface area contributed by atoms with E-state index >= 15 is 0 Å². The van der Waals surface area contributed by atoms with Crippen LogP contribution in [0.2, 0.25) is 5.02 Å². The Balaban J connectivity index is 1.51. The number of aryl methyl sites for hydroxylation is 1. The van der Waals surface area contributed by atoms with Crippen molar-refractivity contribution in [3.05, 3.63) is 29.3 Å². The Hall–Kier alpha value is -2.75. The summed E-state index contributed by atoms with van der Waals surface area (Å²) in [7, 11) is 1.77. The first-order valence-electron chi connectivity index (χ1n) is 9.02. The minimum atomic E-state index is 0.0225. The van der Waals surface area contributed by atoms with Crippen LogP contribution in [-0.2, 0) is 7.05 Å². The molecule has 10 nitrogen and oxygen atoms in total. The van der Waals surface area contributed by atoms with Gasteiger partial charge in [0.1, 0.15) is 10.8 Å². The fraction of sp³-hybridized carbons (Fsp3) is 0.500. The molecule has 1 atom stereocenters. The lowest BCUT2D eigenvalue weighted by atomic mass is 10.2. The standard InChI is InChI=1S/C16H19ClN10/c1-25-23-14(22-24-25)12-3-2-8-26(12)16-18-9-11(17)15(20-16)27(10-4-5-10)13-6-7-19-21-13/h6-7,9-10,12H,2-5,8H2,1H3,(H,19,21). The Labute approximate surface area is 160 Å². The third-order valence-electron chi connectivity index (χ3n) is 4.93. The molecule has 3 aromatic rings. The molecule has 1 saturated heterocycles. The van der Waals surface area contributed by atoms with Gasteiger partial charge in [0.25, 0.3) is 0 Å². The smallest absolute Gasteiger partial charge is 0.228 e. The fourth-order valence-corrected chi connectivity index (χ4v) is 3.74. The van der Waals surface area contributed by atoms with Crippen molar-refractivity contribution in [2.24, 2.45) is 7.05 Å². The number of aromatic nitrogens is 8. The molecule has 1 N–H and O–H groups in total. The van der Waals surface area contributed by atoms with E-state index in [1.165, 1.54) is 4.80 Å². The van der Waals surface area contributed by atoms with Crippen LogP contribution in [0, 0.1) is 0 Å². The number of anilines is 3. The van der Waals surface area contributed by atoms with Crippen LogP contribution < -0.4 is 9.80 Å². The summed E-state index contributed by atoms with van der Waals surface area (Å²) in [5, 5.41) is 20.1. The molecule has 5 rings (SSSR count). The number of tetrazole rings is 1. The van der Waals surface area contributed by atoms with Crippen LogP contribution in [0.4, 0.5) is 17.6 Å². The van der Waals surface area contributed by atoms with E-state index in [2.05, 4.69) is 40.4 Å². The number of hydrogen-bond donors (Lipinski definition) is 1. The normalized spacial score (nSPS) is 19.6. The molecule has 0 amide bonds. The van der Waals surface area contributed by atoms with Crippen molar-refractivity contribution in [1.29, 1.82) is 0 Å². The molecule has 0 aromatic carbocycles. The molecule has 2 aliphatic rings. The van der Waals surface area contributed by atoms with E-state index in [9.17, 15) is 0 Å². The molecule has 1 unspecified atom stereocenters. The van der Waals surface area contributed by atoms with Crippen molar-refractivity contribution >= 4 is 29.2 Å². The van der Waals surface area contributed by atoms with Crippen molar-refractivity contribution in [1.82, 2.24) is 40.4 Å². The SMILES string of the molecule is Cn1nnc(C2CCCN2c2ncc(Cl)c(N(c3ccn[nH]3)C3CC3)n2)n1. The van der Waals surface area contributed by atoms with Crippen LogP contribution in [0.25, 0.3) is 0 Å². The predicted molar refractivity (Wildman–Crippen MR) is 98.9 cm³/mol. The number of aromatic amines is 1. The van der Waals surface area contributed by atoms with Gasteiger partial charge in [0.05, 0.1) is 25.5 Å². The minimum absolute atomic E-state index is 0.0225. The Morgan fingerprint density at radius 1 is 1.30 bits per heavy atom. The van der Waals surface area contributed by atoms with Crippen molar-refractivity contribution in [3.63, 3.8) is 0 Å². The highest BCUT2D eigenvalue weighted by atomic mass is 35.5. The molecule has 27 heavy (non-hydrogen) atoms. The van der Waals surface area contributed by atoms with Gasteiger partial charge in [-0.3, -0.25) is 5.10 Å². The topological polar surface area (TPSA) is 105 Å². The Bertz CT molecular complexity index is 935. The summed E-state index contributed by atoms with van der Waals surface area (Å²) in [4.78, 5) is 15.1. The quantitative estimate of drug-likeness (QED) is 0.710. The van der Waals surface area contributed by atoms with Crippen molar-refractivity contribution in [2.75, 3.05) is 16.3 Å². The summed E-state index contributed by atoms with van der Waals surface area (Å²) in [5.74, 6) is 2.92. The number of rotatable bonds is 5. The predicted octanol–water partition coefficient (Wildman–Crippen LogP) is 2.02. The van der Waals surface area contributed by atoms with Crippen molar-refractivity contribution in [3.8, 4) is 0 Å². The second kappa shape index (κ2) is 6.45. The monoisotopic (exact) mass is 386 g/mol.